The molecule has 0 spiro atoms. The van der Waals surface area contributed by atoms with Crippen LogP contribution in [0.5, 0.6) is 0 Å². The van der Waals surface area contributed by atoms with Crippen LogP contribution < -0.4 is 14.7 Å². The van der Waals surface area contributed by atoms with E-state index < -0.39 is 0 Å². The molecule has 0 fully saturated rings. The van der Waals surface area contributed by atoms with Crippen LogP contribution in [0.2, 0.25) is 0 Å². The largest absolute Gasteiger partial charge is 0.310 e. The van der Waals surface area contributed by atoms with Crippen LogP contribution in [0.3, 0.4) is 0 Å². The van der Waals surface area contributed by atoms with Crippen molar-refractivity contribution in [2.45, 2.75) is 0 Å². The maximum absolute atomic E-state index is 5.21. The first kappa shape index (κ1) is 30.2. The van der Waals surface area contributed by atoms with Gasteiger partial charge in [0.25, 0.3) is 0 Å². The van der Waals surface area contributed by atoms with Gasteiger partial charge in [-0.2, -0.15) is 0 Å². The highest BCUT2D eigenvalue weighted by molar-refractivity contribution is 5.89. The Morgan fingerprint density at radius 1 is 0.235 bits per heavy atom. The van der Waals surface area contributed by atoms with Gasteiger partial charge in [-0.15, -0.1) is 0 Å². The summed E-state index contributed by atoms with van der Waals surface area (Å²) < 4.78 is 0. The van der Waals surface area contributed by atoms with E-state index >= 15 is 0 Å². The molecule has 1 aliphatic rings. The maximum atomic E-state index is 5.21. The average molecular weight is 655 g/mol. The zero-order valence-electron chi connectivity index (χ0n) is 27.9. The van der Waals surface area contributed by atoms with Crippen LogP contribution in [0.25, 0.3) is 22.5 Å². The molecule has 0 saturated carbocycles. The van der Waals surface area contributed by atoms with E-state index in [9.17, 15) is 0 Å². The van der Waals surface area contributed by atoms with Gasteiger partial charge in [0.2, 0.25) is 0 Å². The lowest BCUT2D eigenvalue weighted by molar-refractivity contribution is 1.21. The second-order valence-electron chi connectivity index (χ2n) is 12.6. The fraction of sp³-hybridized carbons (Fsp3) is 0. The fourth-order valence-corrected chi connectivity index (χ4v) is 6.97. The molecule has 0 radical (unpaired) electrons. The molecule has 1 aromatic heterocycles. The lowest BCUT2D eigenvalue weighted by atomic mass is 10.0. The zero-order chi connectivity index (χ0) is 34.0. The molecule has 9 rings (SSSR count). The van der Waals surface area contributed by atoms with E-state index in [0.717, 1.165) is 73.7 Å². The maximum Gasteiger partial charge on any atom is 0.0730 e. The summed E-state index contributed by atoms with van der Waals surface area (Å²) in [5.74, 6) is 0. The van der Waals surface area contributed by atoms with Gasteiger partial charge in [0.1, 0.15) is 0 Å². The molecule has 7 aromatic carbocycles. The van der Waals surface area contributed by atoms with Gasteiger partial charge in [-0.25, -0.2) is 4.98 Å². The normalized spacial score (nSPS) is 12.2. The van der Waals surface area contributed by atoms with Crippen molar-refractivity contribution in [1.29, 1.82) is 0 Å². The summed E-state index contributed by atoms with van der Waals surface area (Å²) in [7, 11) is 0. The number of rotatable bonds is 5. The number of benzene rings is 7. The molecule has 4 nitrogen and oxygen atoms in total. The first-order valence-corrected chi connectivity index (χ1v) is 17.2. The van der Waals surface area contributed by atoms with Gasteiger partial charge >= 0.3 is 0 Å². The Morgan fingerprint density at radius 3 is 0.843 bits per heavy atom. The second-order valence-corrected chi connectivity index (χ2v) is 12.6. The third-order valence-electron chi connectivity index (χ3n) is 9.27. The van der Waals surface area contributed by atoms with Gasteiger partial charge in [0, 0.05) is 56.6 Å². The number of anilines is 9. The van der Waals surface area contributed by atoms with Crippen molar-refractivity contribution in [2.24, 2.45) is 0 Å². The molecule has 0 amide bonds. The topological polar surface area (TPSA) is 22.6 Å². The molecule has 51 heavy (non-hydrogen) atoms. The van der Waals surface area contributed by atoms with E-state index in [-0.39, 0.29) is 0 Å². The molecule has 6 bridgehead atoms. The van der Waals surface area contributed by atoms with Crippen molar-refractivity contribution in [3.8, 4) is 22.5 Å². The molecule has 0 N–H and O–H groups in total. The van der Waals surface area contributed by atoms with Gasteiger partial charge in [0.05, 0.1) is 17.1 Å². The lowest BCUT2D eigenvalue weighted by Crippen LogP contribution is -2.16. The van der Waals surface area contributed by atoms with Gasteiger partial charge in [-0.1, -0.05) is 115 Å². The second kappa shape index (κ2) is 13.2. The molecule has 2 heterocycles. The SMILES string of the molecule is c1ccc(-c2cc(N3c4cccc(c4)N(c4ccccc4)c4cccc(c4)N(c4ccccc4)c4cccc3c4)cc(-c3ccccc3)n2)cc1. The Morgan fingerprint density at radius 2 is 0.510 bits per heavy atom. The number of para-hydroxylation sites is 2. The van der Waals surface area contributed by atoms with Crippen LogP contribution in [0, 0.1) is 0 Å². The predicted molar refractivity (Wildman–Crippen MR) is 213 cm³/mol. The standard InChI is InChI=1S/C47H34N4/c1-5-16-35(17-6-1)46-33-45(34-47(48-46)36-18-7-2-8-19-36)51-43-28-14-26-41(31-43)49(37-20-9-3-10-21-37)39-24-13-25-40(30-39)50(38-22-11-4-12-23-38)42-27-15-29-44(51)32-42/h1-34H. The van der Waals surface area contributed by atoms with Gasteiger partial charge < -0.3 is 14.7 Å². The van der Waals surface area contributed by atoms with E-state index in [4.69, 9.17) is 4.98 Å². The van der Waals surface area contributed by atoms with Crippen molar-refractivity contribution in [2.75, 3.05) is 14.7 Å². The van der Waals surface area contributed by atoms with Crippen molar-refractivity contribution in [3.05, 3.63) is 206 Å². The Hall–Kier alpha value is -6.91. The Balaban J connectivity index is 1.34. The van der Waals surface area contributed by atoms with Crippen molar-refractivity contribution in [3.63, 3.8) is 0 Å². The number of nitrogens with zero attached hydrogens (tertiary/aromatic N) is 4. The summed E-state index contributed by atoms with van der Waals surface area (Å²) in [5.41, 5.74) is 13.5. The molecule has 0 unspecified atom stereocenters. The number of hydrogen-bond acceptors (Lipinski definition) is 4. The summed E-state index contributed by atoms with van der Waals surface area (Å²) in [6.45, 7) is 0. The van der Waals surface area contributed by atoms with Gasteiger partial charge in [-0.05, 0) is 91.0 Å². The number of fused-ring (bicyclic) bond motifs is 6. The minimum absolute atomic E-state index is 0.914. The Kier molecular flexibility index (Phi) is 7.80. The van der Waals surface area contributed by atoms with Crippen molar-refractivity contribution >= 4 is 51.2 Å². The summed E-state index contributed by atoms with van der Waals surface area (Å²) in [4.78, 5) is 12.2. The third-order valence-corrected chi connectivity index (χ3v) is 9.27. The number of hydrogen-bond donors (Lipinski definition) is 0. The average Bonchev–Trinajstić information content (AvgIpc) is 3.20. The predicted octanol–water partition coefficient (Wildman–Crippen LogP) is 13.1. The number of aromatic nitrogens is 1. The van der Waals surface area contributed by atoms with Gasteiger partial charge in [-0.3, -0.25) is 0 Å². The molecule has 4 heteroatoms. The summed E-state index contributed by atoms with van der Waals surface area (Å²) in [6.07, 6.45) is 0. The highest BCUT2D eigenvalue weighted by atomic mass is 15.2. The van der Waals surface area contributed by atoms with Crippen LogP contribution in [0.1, 0.15) is 0 Å². The quantitative estimate of drug-likeness (QED) is 0.184. The Labute approximate surface area is 298 Å². The molecule has 0 saturated heterocycles. The third kappa shape index (κ3) is 5.90. The Bertz CT molecular complexity index is 2270. The van der Waals surface area contributed by atoms with Crippen LogP contribution in [-0.4, -0.2) is 4.98 Å². The van der Waals surface area contributed by atoms with E-state index in [2.05, 4.69) is 209 Å². The summed E-state index contributed by atoms with van der Waals surface area (Å²) >= 11 is 0. The molecule has 242 valence electrons. The molecule has 0 atom stereocenters. The van der Waals surface area contributed by atoms with Crippen molar-refractivity contribution < 1.29 is 0 Å². The first-order chi connectivity index (χ1) is 25.3. The molecular weight excluding hydrogens is 621 g/mol. The monoisotopic (exact) mass is 654 g/mol. The lowest BCUT2D eigenvalue weighted by Gasteiger charge is -2.33. The van der Waals surface area contributed by atoms with Crippen LogP contribution >= 0.6 is 0 Å². The van der Waals surface area contributed by atoms with Crippen LogP contribution in [-0.2, 0) is 0 Å². The van der Waals surface area contributed by atoms with E-state index in [1.165, 1.54) is 0 Å². The highest BCUT2D eigenvalue weighted by Gasteiger charge is 2.23. The molecular formula is C47H34N4. The summed E-state index contributed by atoms with van der Waals surface area (Å²) in [6, 6.07) is 72.9. The van der Waals surface area contributed by atoms with Crippen molar-refractivity contribution in [1.82, 2.24) is 4.98 Å². The zero-order valence-corrected chi connectivity index (χ0v) is 27.9. The summed E-state index contributed by atoms with van der Waals surface area (Å²) in [5, 5.41) is 0. The molecule has 0 aliphatic carbocycles. The van der Waals surface area contributed by atoms with E-state index in [1.807, 2.05) is 12.1 Å². The van der Waals surface area contributed by atoms with Crippen LogP contribution in [0.4, 0.5) is 51.2 Å². The van der Waals surface area contributed by atoms with Gasteiger partial charge in [0.15, 0.2) is 0 Å². The minimum atomic E-state index is 0.914. The molecule has 1 aliphatic heterocycles. The van der Waals surface area contributed by atoms with E-state index in [1.54, 1.807) is 0 Å². The smallest absolute Gasteiger partial charge is 0.0730 e. The highest BCUT2D eigenvalue weighted by Crippen LogP contribution is 2.46. The van der Waals surface area contributed by atoms with Crippen LogP contribution in [0.15, 0.2) is 206 Å². The fourth-order valence-electron chi connectivity index (χ4n) is 6.97. The minimum Gasteiger partial charge on any atom is -0.310 e. The molecule has 8 aromatic rings. The van der Waals surface area contributed by atoms with E-state index in [0.29, 0.717) is 0 Å². The number of pyridine rings is 1. The first-order valence-electron chi connectivity index (χ1n) is 17.2.